The second kappa shape index (κ2) is 4.94. The molecule has 1 aromatic rings. The normalized spacial score (nSPS) is 11.9. The van der Waals surface area contributed by atoms with Crippen LogP contribution in [0, 0.1) is 25.2 Å². The maximum Gasteiger partial charge on any atom is 0.151 e. The van der Waals surface area contributed by atoms with Crippen molar-refractivity contribution >= 4 is 5.78 Å². The van der Waals surface area contributed by atoms with Crippen LogP contribution < -0.4 is 0 Å². The molecule has 84 valence electrons. The number of carbonyl (C=O) groups excluding carboxylic acids is 1. The maximum atomic E-state index is 11.4. The summed E-state index contributed by atoms with van der Waals surface area (Å²) < 4.78 is 0. The molecule has 1 unspecified atom stereocenters. The number of carbonyl (C=O) groups is 1. The van der Waals surface area contributed by atoms with Gasteiger partial charge in [0.2, 0.25) is 0 Å². The Labute approximate surface area is 96.9 Å². The molecule has 0 aliphatic heterocycles. The maximum absolute atomic E-state index is 11.4. The van der Waals surface area contributed by atoms with E-state index in [4.69, 9.17) is 5.26 Å². The molecule has 0 spiro atoms. The van der Waals surface area contributed by atoms with Crippen molar-refractivity contribution < 1.29 is 4.79 Å². The molecule has 0 saturated carbocycles. The SMILES string of the molecule is CCc1cc(C(C#N)C(C)=O)c(C)cc1C. The minimum Gasteiger partial charge on any atom is -0.298 e. The fourth-order valence-electron chi connectivity index (χ4n) is 1.99. The lowest BCUT2D eigenvalue weighted by Crippen LogP contribution is -2.09. The summed E-state index contributed by atoms with van der Waals surface area (Å²) >= 11 is 0. The number of benzene rings is 1. The van der Waals surface area contributed by atoms with Crippen molar-refractivity contribution in [2.75, 3.05) is 0 Å². The van der Waals surface area contributed by atoms with E-state index in [1.54, 1.807) is 0 Å². The molecule has 1 aromatic carbocycles. The first-order valence-corrected chi connectivity index (χ1v) is 5.51. The lowest BCUT2D eigenvalue weighted by molar-refractivity contribution is -0.117. The van der Waals surface area contributed by atoms with E-state index in [-0.39, 0.29) is 5.78 Å². The summed E-state index contributed by atoms with van der Waals surface area (Å²) in [6.07, 6.45) is 0.926. The first-order valence-electron chi connectivity index (χ1n) is 5.51. The van der Waals surface area contributed by atoms with Crippen molar-refractivity contribution in [3.05, 3.63) is 34.4 Å². The molecule has 0 saturated heterocycles. The summed E-state index contributed by atoms with van der Waals surface area (Å²) in [4.78, 5) is 11.4. The van der Waals surface area contributed by atoms with Gasteiger partial charge < -0.3 is 0 Å². The van der Waals surface area contributed by atoms with Gasteiger partial charge in [-0.15, -0.1) is 0 Å². The summed E-state index contributed by atoms with van der Waals surface area (Å²) in [7, 11) is 0. The van der Waals surface area contributed by atoms with Crippen LogP contribution in [0.25, 0.3) is 0 Å². The third-order valence-electron chi connectivity index (χ3n) is 2.95. The van der Waals surface area contributed by atoms with E-state index < -0.39 is 5.92 Å². The first-order chi connectivity index (χ1) is 7.51. The van der Waals surface area contributed by atoms with Crippen molar-refractivity contribution in [3.8, 4) is 6.07 Å². The van der Waals surface area contributed by atoms with Crippen molar-refractivity contribution in [2.24, 2.45) is 0 Å². The van der Waals surface area contributed by atoms with Gasteiger partial charge in [0.25, 0.3) is 0 Å². The van der Waals surface area contributed by atoms with Gasteiger partial charge in [0.05, 0.1) is 6.07 Å². The largest absolute Gasteiger partial charge is 0.298 e. The number of aryl methyl sites for hydroxylation is 3. The molecule has 2 nitrogen and oxygen atoms in total. The Hall–Kier alpha value is -1.62. The fourth-order valence-corrected chi connectivity index (χ4v) is 1.99. The second-order valence-corrected chi connectivity index (χ2v) is 4.16. The van der Waals surface area contributed by atoms with E-state index in [2.05, 4.69) is 26.0 Å². The van der Waals surface area contributed by atoms with Crippen molar-refractivity contribution in [1.82, 2.24) is 0 Å². The first kappa shape index (κ1) is 12.4. The summed E-state index contributed by atoms with van der Waals surface area (Å²) in [6, 6.07) is 6.14. The Morgan fingerprint density at radius 3 is 2.44 bits per heavy atom. The number of nitrogens with zero attached hydrogens (tertiary/aromatic N) is 1. The molecule has 1 rings (SSSR count). The van der Waals surface area contributed by atoms with E-state index in [0.717, 1.165) is 17.5 Å². The number of rotatable bonds is 3. The third kappa shape index (κ3) is 2.30. The molecule has 0 bridgehead atoms. The molecule has 0 N–H and O–H groups in total. The van der Waals surface area contributed by atoms with Gasteiger partial charge in [-0.3, -0.25) is 4.79 Å². The van der Waals surface area contributed by atoms with Crippen LogP contribution in [0.15, 0.2) is 12.1 Å². The topological polar surface area (TPSA) is 40.9 Å². The zero-order valence-corrected chi connectivity index (χ0v) is 10.3. The number of nitriles is 1. The lowest BCUT2D eigenvalue weighted by atomic mass is 9.89. The highest BCUT2D eigenvalue weighted by Gasteiger charge is 2.18. The van der Waals surface area contributed by atoms with E-state index >= 15 is 0 Å². The van der Waals surface area contributed by atoms with Crippen LogP contribution in [-0.2, 0) is 11.2 Å². The Balaban J connectivity index is 3.34. The molecule has 16 heavy (non-hydrogen) atoms. The number of hydrogen-bond donors (Lipinski definition) is 0. The predicted octanol–water partition coefficient (Wildman–Crippen LogP) is 3.06. The Morgan fingerprint density at radius 1 is 1.38 bits per heavy atom. The van der Waals surface area contributed by atoms with Crippen LogP contribution in [0.3, 0.4) is 0 Å². The van der Waals surface area contributed by atoms with Gasteiger partial charge in [-0.1, -0.05) is 19.1 Å². The summed E-state index contributed by atoms with van der Waals surface area (Å²) in [5.41, 5.74) is 4.32. The van der Waals surface area contributed by atoms with E-state index in [9.17, 15) is 4.79 Å². The minimum absolute atomic E-state index is 0.0866. The Bertz CT molecular complexity index is 455. The van der Waals surface area contributed by atoms with Crippen LogP contribution >= 0.6 is 0 Å². The molecule has 0 aliphatic carbocycles. The van der Waals surface area contributed by atoms with E-state index in [1.807, 2.05) is 13.0 Å². The van der Waals surface area contributed by atoms with E-state index in [0.29, 0.717) is 0 Å². The number of ketones is 1. The van der Waals surface area contributed by atoms with Gasteiger partial charge in [-0.25, -0.2) is 0 Å². The van der Waals surface area contributed by atoms with Gasteiger partial charge >= 0.3 is 0 Å². The van der Waals surface area contributed by atoms with Crippen LogP contribution in [-0.4, -0.2) is 5.78 Å². The van der Waals surface area contributed by atoms with Crippen LogP contribution in [0.1, 0.15) is 42.0 Å². The van der Waals surface area contributed by atoms with Crippen LogP contribution in [0.4, 0.5) is 0 Å². The van der Waals surface area contributed by atoms with Crippen molar-refractivity contribution in [2.45, 2.75) is 40.0 Å². The van der Waals surface area contributed by atoms with Gasteiger partial charge in [0.15, 0.2) is 5.78 Å². The highest BCUT2D eigenvalue weighted by atomic mass is 16.1. The molecule has 2 heteroatoms. The highest BCUT2D eigenvalue weighted by Crippen LogP contribution is 2.24. The van der Waals surface area contributed by atoms with Gasteiger partial charge in [0, 0.05) is 0 Å². The zero-order valence-electron chi connectivity index (χ0n) is 10.3. The molecule has 0 amide bonds. The lowest BCUT2D eigenvalue weighted by Gasteiger charge is -2.13. The predicted molar refractivity (Wildman–Crippen MR) is 64.3 cm³/mol. The molecule has 0 aliphatic rings. The zero-order chi connectivity index (χ0) is 12.3. The van der Waals surface area contributed by atoms with Crippen molar-refractivity contribution in [3.63, 3.8) is 0 Å². The summed E-state index contributed by atoms with van der Waals surface area (Å²) in [5, 5.41) is 9.04. The second-order valence-electron chi connectivity index (χ2n) is 4.16. The molecule has 1 atom stereocenters. The third-order valence-corrected chi connectivity index (χ3v) is 2.95. The van der Waals surface area contributed by atoms with Gasteiger partial charge in [-0.2, -0.15) is 5.26 Å². The summed E-state index contributed by atoms with van der Waals surface area (Å²) in [6.45, 7) is 7.56. The Kier molecular flexibility index (Phi) is 3.84. The van der Waals surface area contributed by atoms with Crippen molar-refractivity contribution in [1.29, 1.82) is 5.26 Å². The molecular weight excluding hydrogens is 198 g/mol. The highest BCUT2D eigenvalue weighted by molar-refractivity contribution is 5.86. The monoisotopic (exact) mass is 215 g/mol. The van der Waals surface area contributed by atoms with E-state index in [1.165, 1.54) is 18.1 Å². The fraction of sp³-hybridized carbons (Fsp3) is 0.429. The van der Waals surface area contributed by atoms with Crippen LogP contribution in [0.2, 0.25) is 0 Å². The molecule has 0 radical (unpaired) electrons. The standard InChI is InChI=1S/C14H17NO/c1-5-12-7-13(10(3)6-9(12)2)14(8-15)11(4)16/h6-7,14H,5H2,1-4H3. The summed E-state index contributed by atoms with van der Waals surface area (Å²) in [5.74, 6) is -0.706. The quantitative estimate of drug-likeness (QED) is 0.777. The Morgan fingerprint density at radius 2 is 2.00 bits per heavy atom. The smallest absolute Gasteiger partial charge is 0.151 e. The van der Waals surface area contributed by atoms with Gasteiger partial charge in [-0.05, 0) is 49.4 Å². The molecule has 0 fully saturated rings. The van der Waals surface area contributed by atoms with Crippen LogP contribution in [0.5, 0.6) is 0 Å². The molecular formula is C14H17NO. The number of hydrogen-bond acceptors (Lipinski definition) is 2. The molecule has 0 heterocycles. The minimum atomic E-state index is -0.620. The van der Waals surface area contributed by atoms with Gasteiger partial charge in [0.1, 0.15) is 5.92 Å². The number of Topliss-reactive ketones (excluding diaryl/α,β-unsaturated/α-hetero) is 1. The molecule has 0 aromatic heterocycles. The average Bonchev–Trinajstić information content (AvgIpc) is 2.21. The average molecular weight is 215 g/mol.